The zero-order valence-electron chi connectivity index (χ0n) is 17.0. The van der Waals surface area contributed by atoms with Crippen LogP contribution in [0.4, 0.5) is 0 Å². The van der Waals surface area contributed by atoms with Crippen LogP contribution in [0.5, 0.6) is 0 Å². The van der Waals surface area contributed by atoms with Crippen molar-refractivity contribution < 1.29 is 14.4 Å². The van der Waals surface area contributed by atoms with Gasteiger partial charge in [0.25, 0.3) is 11.8 Å². The topological polar surface area (TPSA) is 92.2 Å². The largest absolute Gasteiger partial charge is 0.347 e. The van der Waals surface area contributed by atoms with E-state index in [1.165, 1.54) is 6.42 Å². The summed E-state index contributed by atoms with van der Waals surface area (Å²) in [7, 11) is 0. The normalized spacial score (nSPS) is 14.3. The Morgan fingerprint density at radius 1 is 1.00 bits per heavy atom. The molecule has 1 saturated carbocycles. The van der Waals surface area contributed by atoms with E-state index in [0.717, 1.165) is 42.8 Å². The standard InChI is InChI=1S/C22H28N4O3/c1-15-13-19(16(2)26(15)18-11-7-4-8-12-18)22(29)25-24-20(27)14-23-21(28)17-9-5-3-6-10-17/h4,7-8,11-13,17H,3,5-6,9-10,14H2,1-2H3,(H,23,28)(H,24,27)(H,25,29). The number of carbonyl (C=O) groups is 3. The smallest absolute Gasteiger partial charge is 0.271 e. The van der Waals surface area contributed by atoms with E-state index in [1.807, 2.05) is 48.7 Å². The Morgan fingerprint density at radius 3 is 2.38 bits per heavy atom. The Morgan fingerprint density at radius 2 is 1.69 bits per heavy atom. The molecular formula is C22H28N4O3. The lowest BCUT2D eigenvalue weighted by Gasteiger charge is -2.20. The predicted molar refractivity (Wildman–Crippen MR) is 110 cm³/mol. The lowest BCUT2D eigenvalue weighted by Crippen LogP contribution is -2.47. The minimum atomic E-state index is -0.459. The van der Waals surface area contributed by atoms with Crippen molar-refractivity contribution in [1.82, 2.24) is 20.7 Å². The zero-order chi connectivity index (χ0) is 20.8. The highest BCUT2D eigenvalue weighted by Crippen LogP contribution is 2.23. The summed E-state index contributed by atoms with van der Waals surface area (Å²) in [5, 5.41) is 2.66. The van der Waals surface area contributed by atoms with Gasteiger partial charge in [-0.05, 0) is 44.9 Å². The lowest BCUT2D eigenvalue weighted by atomic mass is 9.89. The van der Waals surface area contributed by atoms with E-state index in [-0.39, 0.29) is 18.4 Å². The van der Waals surface area contributed by atoms with E-state index in [2.05, 4.69) is 16.2 Å². The van der Waals surface area contributed by atoms with Gasteiger partial charge in [-0.25, -0.2) is 0 Å². The second-order valence-electron chi connectivity index (χ2n) is 7.51. The van der Waals surface area contributed by atoms with Gasteiger partial charge in [0, 0.05) is 23.0 Å². The molecule has 3 N–H and O–H groups in total. The molecule has 1 aliphatic rings. The maximum absolute atomic E-state index is 12.5. The van der Waals surface area contributed by atoms with Crippen molar-refractivity contribution >= 4 is 17.7 Å². The van der Waals surface area contributed by atoms with Gasteiger partial charge in [0.15, 0.2) is 0 Å². The number of hydrogen-bond acceptors (Lipinski definition) is 3. The number of hydrogen-bond donors (Lipinski definition) is 3. The Kier molecular flexibility index (Phi) is 6.69. The summed E-state index contributed by atoms with van der Waals surface area (Å²) in [4.78, 5) is 36.6. The first-order chi connectivity index (χ1) is 14.0. The molecule has 0 bridgehead atoms. The van der Waals surface area contributed by atoms with Gasteiger partial charge in [0.1, 0.15) is 0 Å². The molecule has 3 amide bonds. The quantitative estimate of drug-likeness (QED) is 0.678. The lowest BCUT2D eigenvalue weighted by molar-refractivity contribution is -0.129. The van der Waals surface area contributed by atoms with E-state index in [4.69, 9.17) is 0 Å². The number of hydrazine groups is 1. The fourth-order valence-corrected chi connectivity index (χ4v) is 3.88. The van der Waals surface area contributed by atoms with Gasteiger partial charge in [-0.15, -0.1) is 0 Å². The molecule has 7 nitrogen and oxygen atoms in total. The summed E-state index contributed by atoms with van der Waals surface area (Å²) in [6, 6.07) is 11.5. The first-order valence-electron chi connectivity index (χ1n) is 10.1. The van der Waals surface area contributed by atoms with Crippen molar-refractivity contribution in [1.29, 1.82) is 0 Å². The number of nitrogens with one attached hydrogen (secondary N) is 3. The van der Waals surface area contributed by atoms with Crippen LogP contribution in [0, 0.1) is 19.8 Å². The second kappa shape index (κ2) is 9.41. The molecule has 0 spiro atoms. The fourth-order valence-electron chi connectivity index (χ4n) is 3.88. The van der Waals surface area contributed by atoms with E-state index in [0.29, 0.717) is 5.56 Å². The number of aromatic nitrogens is 1. The van der Waals surface area contributed by atoms with Crippen LogP contribution in [-0.2, 0) is 9.59 Å². The third kappa shape index (κ3) is 5.04. The maximum Gasteiger partial charge on any atom is 0.271 e. The van der Waals surface area contributed by atoms with Crippen LogP contribution in [0.3, 0.4) is 0 Å². The average Bonchev–Trinajstić information content (AvgIpc) is 3.05. The number of aryl methyl sites for hydroxylation is 1. The molecule has 1 heterocycles. The Hall–Kier alpha value is -3.09. The molecule has 0 radical (unpaired) electrons. The van der Waals surface area contributed by atoms with Gasteiger partial charge in [-0.1, -0.05) is 37.5 Å². The third-order valence-electron chi connectivity index (χ3n) is 5.40. The van der Waals surface area contributed by atoms with Crippen LogP contribution in [0.15, 0.2) is 36.4 Å². The van der Waals surface area contributed by atoms with Crippen LogP contribution in [0.25, 0.3) is 5.69 Å². The number of benzene rings is 1. The molecule has 1 aromatic heterocycles. The molecule has 0 aliphatic heterocycles. The van der Waals surface area contributed by atoms with E-state index < -0.39 is 11.8 Å². The summed E-state index contributed by atoms with van der Waals surface area (Å²) in [6.45, 7) is 3.63. The van der Waals surface area contributed by atoms with E-state index >= 15 is 0 Å². The van der Waals surface area contributed by atoms with E-state index in [1.54, 1.807) is 6.07 Å². The first kappa shape index (κ1) is 20.6. The molecule has 2 aromatic rings. The SMILES string of the molecule is Cc1cc(C(=O)NNC(=O)CNC(=O)C2CCCCC2)c(C)n1-c1ccccc1. The van der Waals surface area contributed by atoms with Gasteiger partial charge in [0.05, 0.1) is 12.1 Å². The third-order valence-corrected chi connectivity index (χ3v) is 5.40. The molecule has 1 aromatic carbocycles. The number of amides is 3. The number of nitrogens with zero attached hydrogens (tertiary/aromatic N) is 1. The van der Waals surface area contributed by atoms with Crippen molar-refractivity contribution in [2.24, 2.45) is 5.92 Å². The van der Waals surface area contributed by atoms with Crippen LogP contribution in [0.1, 0.15) is 53.8 Å². The van der Waals surface area contributed by atoms with Gasteiger partial charge in [-0.3, -0.25) is 25.2 Å². The van der Waals surface area contributed by atoms with Gasteiger partial charge < -0.3 is 9.88 Å². The van der Waals surface area contributed by atoms with Crippen molar-refractivity contribution in [3.05, 3.63) is 53.3 Å². The molecule has 7 heteroatoms. The summed E-state index contributed by atoms with van der Waals surface area (Å²) < 4.78 is 1.99. The van der Waals surface area contributed by atoms with Crippen molar-refractivity contribution in [2.45, 2.75) is 46.0 Å². The molecule has 3 rings (SSSR count). The molecule has 0 saturated heterocycles. The Balaban J connectivity index is 1.53. The van der Waals surface area contributed by atoms with Crippen LogP contribution >= 0.6 is 0 Å². The minimum absolute atomic E-state index is 0.00508. The Labute approximate surface area is 170 Å². The zero-order valence-corrected chi connectivity index (χ0v) is 17.0. The van der Waals surface area contributed by atoms with Crippen molar-refractivity contribution in [2.75, 3.05) is 6.54 Å². The predicted octanol–water partition coefficient (Wildman–Crippen LogP) is 2.55. The maximum atomic E-state index is 12.5. The summed E-state index contributed by atoms with van der Waals surface area (Å²) >= 11 is 0. The monoisotopic (exact) mass is 396 g/mol. The number of rotatable bonds is 5. The highest BCUT2D eigenvalue weighted by Gasteiger charge is 2.21. The first-order valence-corrected chi connectivity index (χ1v) is 10.1. The summed E-state index contributed by atoms with van der Waals surface area (Å²) in [6.07, 6.45) is 5.03. The molecule has 0 atom stereocenters. The van der Waals surface area contributed by atoms with Crippen LogP contribution < -0.4 is 16.2 Å². The minimum Gasteiger partial charge on any atom is -0.347 e. The fraction of sp³-hybridized carbons (Fsp3) is 0.409. The van der Waals surface area contributed by atoms with E-state index in [9.17, 15) is 14.4 Å². The second-order valence-corrected chi connectivity index (χ2v) is 7.51. The van der Waals surface area contributed by atoms with Gasteiger partial charge >= 0.3 is 0 Å². The van der Waals surface area contributed by atoms with Crippen molar-refractivity contribution in [3.8, 4) is 5.69 Å². The molecule has 1 fully saturated rings. The Bertz CT molecular complexity index is 883. The summed E-state index contributed by atoms with van der Waals surface area (Å²) in [5.74, 6) is -0.946. The molecule has 154 valence electrons. The van der Waals surface area contributed by atoms with Gasteiger partial charge in [-0.2, -0.15) is 0 Å². The van der Waals surface area contributed by atoms with Crippen LogP contribution in [-0.4, -0.2) is 28.8 Å². The average molecular weight is 396 g/mol. The van der Waals surface area contributed by atoms with Crippen LogP contribution in [0.2, 0.25) is 0 Å². The number of carbonyl (C=O) groups excluding carboxylic acids is 3. The highest BCUT2D eigenvalue weighted by molar-refractivity contribution is 5.97. The number of para-hydroxylation sites is 1. The highest BCUT2D eigenvalue weighted by atomic mass is 16.2. The molecule has 0 unspecified atom stereocenters. The molecule has 1 aliphatic carbocycles. The van der Waals surface area contributed by atoms with Gasteiger partial charge in [0.2, 0.25) is 5.91 Å². The van der Waals surface area contributed by atoms with Crippen molar-refractivity contribution in [3.63, 3.8) is 0 Å². The molecule has 29 heavy (non-hydrogen) atoms. The summed E-state index contributed by atoms with van der Waals surface area (Å²) in [5.41, 5.74) is 7.96. The molecular weight excluding hydrogens is 368 g/mol.